The molecule has 1 amide bonds. The summed E-state index contributed by atoms with van der Waals surface area (Å²) in [6, 6.07) is 6.13. The highest BCUT2D eigenvalue weighted by Gasteiger charge is 2.24. The fourth-order valence-electron chi connectivity index (χ4n) is 1.61. The van der Waals surface area contributed by atoms with Crippen molar-refractivity contribution in [3.63, 3.8) is 0 Å². The number of rotatable bonds is 4. The van der Waals surface area contributed by atoms with Crippen LogP contribution < -0.4 is 5.32 Å². The van der Waals surface area contributed by atoms with E-state index in [-0.39, 0.29) is 18.0 Å². The maximum absolute atomic E-state index is 13.5. The molecule has 0 unspecified atom stereocenters. The maximum Gasteiger partial charge on any atom is 0.220 e. The summed E-state index contributed by atoms with van der Waals surface area (Å²) in [6.45, 7) is 0.184. The Labute approximate surface area is 99.2 Å². The normalized spacial score (nSPS) is 14.1. The minimum Gasteiger partial charge on any atom is -0.352 e. The van der Waals surface area contributed by atoms with Gasteiger partial charge < -0.3 is 5.32 Å². The Balaban J connectivity index is 1.89. The van der Waals surface area contributed by atoms with Crippen LogP contribution in [-0.2, 0) is 11.3 Å². The van der Waals surface area contributed by atoms with E-state index in [0.29, 0.717) is 17.9 Å². The van der Waals surface area contributed by atoms with E-state index in [1.54, 1.807) is 6.07 Å². The number of carbonyl (C=O) groups is 1. The Hall–Kier alpha value is -1.89. The van der Waals surface area contributed by atoms with E-state index in [2.05, 4.69) is 5.32 Å². The summed E-state index contributed by atoms with van der Waals surface area (Å²) in [7, 11) is 0. The van der Waals surface area contributed by atoms with E-state index in [0.717, 1.165) is 12.8 Å². The topological polar surface area (TPSA) is 52.9 Å². The Morgan fingerprint density at radius 2 is 2.29 bits per heavy atom. The summed E-state index contributed by atoms with van der Waals surface area (Å²) in [5.74, 6) is 0.0489. The van der Waals surface area contributed by atoms with Crippen molar-refractivity contribution in [2.45, 2.75) is 25.8 Å². The van der Waals surface area contributed by atoms with E-state index in [1.165, 1.54) is 12.1 Å². The van der Waals surface area contributed by atoms with Gasteiger partial charge in [-0.05, 0) is 30.9 Å². The zero-order chi connectivity index (χ0) is 12.3. The van der Waals surface area contributed by atoms with Gasteiger partial charge in [-0.3, -0.25) is 4.79 Å². The van der Waals surface area contributed by atoms with Crippen LogP contribution in [0.3, 0.4) is 0 Å². The van der Waals surface area contributed by atoms with Crippen LogP contribution in [0, 0.1) is 23.1 Å². The second-order valence-electron chi connectivity index (χ2n) is 4.34. The largest absolute Gasteiger partial charge is 0.352 e. The molecule has 0 radical (unpaired) electrons. The number of carbonyl (C=O) groups excluding carboxylic acids is 1. The van der Waals surface area contributed by atoms with Crippen molar-refractivity contribution < 1.29 is 9.18 Å². The van der Waals surface area contributed by atoms with Crippen LogP contribution in [-0.4, -0.2) is 5.91 Å². The highest BCUT2D eigenvalue weighted by atomic mass is 19.1. The fourth-order valence-corrected chi connectivity index (χ4v) is 1.61. The fraction of sp³-hybridized carbons (Fsp3) is 0.385. The standard InChI is InChI=1S/C13H13FN2O/c14-12-5-10(7-15)3-4-11(12)8-16-13(17)6-9-1-2-9/h3-5,9H,1-2,6,8H2,(H,16,17). The third-order valence-electron chi connectivity index (χ3n) is 2.83. The van der Waals surface area contributed by atoms with Crippen LogP contribution in [0.1, 0.15) is 30.4 Å². The van der Waals surface area contributed by atoms with Gasteiger partial charge in [-0.15, -0.1) is 0 Å². The van der Waals surface area contributed by atoms with E-state index >= 15 is 0 Å². The molecule has 3 nitrogen and oxygen atoms in total. The number of benzene rings is 1. The molecule has 2 rings (SSSR count). The Morgan fingerprint density at radius 3 is 2.88 bits per heavy atom. The van der Waals surface area contributed by atoms with Gasteiger partial charge in [-0.1, -0.05) is 6.07 Å². The Morgan fingerprint density at radius 1 is 1.53 bits per heavy atom. The quantitative estimate of drug-likeness (QED) is 0.864. The van der Waals surface area contributed by atoms with Gasteiger partial charge in [0.15, 0.2) is 0 Å². The maximum atomic E-state index is 13.5. The lowest BCUT2D eigenvalue weighted by atomic mass is 10.1. The SMILES string of the molecule is N#Cc1ccc(CNC(=O)CC2CC2)c(F)c1. The Bertz CT molecular complexity index is 475. The van der Waals surface area contributed by atoms with Gasteiger partial charge in [0.05, 0.1) is 11.6 Å². The first-order valence-electron chi connectivity index (χ1n) is 5.64. The number of hydrogen-bond donors (Lipinski definition) is 1. The van der Waals surface area contributed by atoms with Crippen molar-refractivity contribution in [1.29, 1.82) is 5.26 Å². The molecule has 1 aliphatic carbocycles. The monoisotopic (exact) mass is 232 g/mol. The molecule has 1 aliphatic rings. The highest BCUT2D eigenvalue weighted by Crippen LogP contribution is 2.32. The number of amides is 1. The van der Waals surface area contributed by atoms with Crippen LogP contribution >= 0.6 is 0 Å². The molecule has 1 N–H and O–H groups in total. The first-order chi connectivity index (χ1) is 8.19. The third kappa shape index (κ3) is 3.28. The zero-order valence-electron chi connectivity index (χ0n) is 9.37. The van der Waals surface area contributed by atoms with E-state index in [4.69, 9.17) is 5.26 Å². The predicted molar refractivity (Wildman–Crippen MR) is 60.3 cm³/mol. The van der Waals surface area contributed by atoms with E-state index < -0.39 is 5.82 Å². The Kier molecular flexibility index (Phi) is 3.38. The molecule has 17 heavy (non-hydrogen) atoms. The lowest BCUT2D eigenvalue weighted by Gasteiger charge is -2.06. The predicted octanol–water partition coefficient (Wildman–Crippen LogP) is 2.11. The smallest absolute Gasteiger partial charge is 0.220 e. The minimum atomic E-state index is -0.448. The molecule has 0 aliphatic heterocycles. The summed E-state index contributed by atoms with van der Waals surface area (Å²) >= 11 is 0. The number of nitriles is 1. The molecule has 0 aromatic heterocycles. The number of halogens is 1. The molecule has 1 aromatic carbocycles. The molecule has 0 spiro atoms. The average Bonchev–Trinajstić information content (AvgIpc) is 3.11. The van der Waals surface area contributed by atoms with Crippen molar-refractivity contribution in [3.05, 3.63) is 35.1 Å². The molecule has 4 heteroatoms. The van der Waals surface area contributed by atoms with Crippen LogP contribution in [0.4, 0.5) is 4.39 Å². The van der Waals surface area contributed by atoms with Crippen LogP contribution in [0.5, 0.6) is 0 Å². The minimum absolute atomic E-state index is 0.0312. The molecular formula is C13H13FN2O. The third-order valence-corrected chi connectivity index (χ3v) is 2.83. The summed E-state index contributed by atoms with van der Waals surface area (Å²) < 4.78 is 13.5. The summed E-state index contributed by atoms with van der Waals surface area (Å²) in [5.41, 5.74) is 0.698. The zero-order valence-corrected chi connectivity index (χ0v) is 9.37. The van der Waals surface area contributed by atoms with Crippen molar-refractivity contribution in [3.8, 4) is 6.07 Å². The van der Waals surface area contributed by atoms with E-state index in [1.807, 2.05) is 6.07 Å². The van der Waals surface area contributed by atoms with Crippen LogP contribution in [0.25, 0.3) is 0 Å². The first-order valence-corrected chi connectivity index (χ1v) is 5.64. The molecule has 1 aromatic rings. The lowest BCUT2D eigenvalue weighted by molar-refractivity contribution is -0.121. The second kappa shape index (κ2) is 4.96. The van der Waals surface area contributed by atoms with Gasteiger partial charge in [0.1, 0.15) is 5.82 Å². The van der Waals surface area contributed by atoms with Crippen LogP contribution in [0.2, 0.25) is 0 Å². The molecule has 0 atom stereocenters. The van der Waals surface area contributed by atoms with Gasteiger partial charge in [0.25, 0.3) is 0 Å². The molecule has 0 heterocycles. The molecule has 0 bridgehead atoms. The number of nitrogens with one attached hydrogen (secondary N) is 1. The molecule has 0 saturated heterocycles. The van der Waals surface area contributed by atoms with Crippen molar-refractivity contribution in [2.75, 3.05) is 0 Å². The van der Waals surface area contributed by atoms with Crippen molar-refractivity contribution in [1.82, 2.24) is 5.32 Å². The molecule has 1 fully saturated rings. The first kappa shape index (κ1) is 11.6. The average molecular weight is 232 g/mol. The van der Waals surface area contributed by atoms with Gasteiger partial charge >= 0.3 is 0 Å². The molecule has 1 saturated carbocycles. The van der Waals surface area contributed by atoms with Gasteiger partial charge in [-0.2, -0.15) is 5.26 Å². The number of nitrogens with zero attached hydrogens (tertiary/aromatic N) is 1. The lowest BCUT2D eigenvalue weighted by Crippen LogP contribution is -2.23. The van der Waals surface area contributed by atoms with Gasteiger partial charge in [0.2, 0.25) is 5.91 Å². The highest BCUT2D eigenvalue weighted by molar-refractivity contribution is 5.76. The van der Waals surface area contributed by atoms with Crippen LogP contribution in [0.15, 0.2) is 18.2 Å². The molecular weight excluding hydrogens is 219 g/mol. The van der Waals surface area contributed by atoms with Crippen molar-refractivity contribution >= 4 is 5.91 Å². The van der Waals surface area contributed by atoms with Crippen molar-refractivity contribution in [2.24, 2.45) is 5.92 Å². The van der Waals surface area contributed by atoms with Gasteiger partial charge in [-0.25, -0.2) is 4.39 Å². The summed E-state index contributed by atoms with van der Waals surface area (Å²) in [4.78, 5) is 11.4. The van der Waals surface area contributed by atoms with Gasteiger partial charge in [0, 0.05) is 18.5 Å². The summed E-state index contributed by atoms with van der Waals surface area (Å²) in [6.07, 6.45) is 2.79. The second-order valence-corrected chi connectivity index (χ2v) is 4.34. The molecule has 88 valence electrons. The number of hydrogen-bond acceptors (Lipinski definition) is 2. The van der Waals surface area contributed by atoms with E-state index in [9.17, 15) is 9.18 Å². The summed E-state index contributed by atoms with van der Waals surface area (Å²) in [5, 5.41) is 11.3.